The lowest BCUT2D eigenvalue weighted by molar-refractivity contribution is -0.167. The van der Waals surface area contributed by atoms with Crippen LogP contribution < -0.4 is 14.4 Å². The van der Waals surface area contributed by atoms with E-state index in [1.54, 1.807) is 36.4 Å². The van der Waals surface area contributed by atoms with Crippen LogP contribution in [0.4, 0.5) is 0 Å². The van der Waals surface area contributed by atoms with Crippen molar-refractivity contribution in [2.24, 2.45) is 47.3 Å². The summed E-state index contributed by atoms with van der Waals surface area (Å²) < 4.78 is 5.90. The second kappa shape index (κ2) is 9.14. The third kappa shape index (κ3) is 3.60. The van der Waals surface area contributed by atoms with Gasteiger partial charge in [0.05, 0.1) is 23.7 Å². The van der Waals surface area contributed by atoms with E-state index >= 15 is 0 Å². The number of rotatable bonds is 8. The Bertz CT molecular complexity index is 1550. The number of benzene rings is 2. The number of imide groups is 2. The lowest BCUT2D eigenvalue weighted by atomic mass is 9.85. The quantitative estimate of drug-likeness (QED) is 0.206. The van der Waals surface area contributed by atoms with Crippen molar-refractivity contribution < 1.29 is 38.4 Å². The second-order valence-corrected chi connectivity index (χ2v) is 11.9. The normalized spacial score (nSPS) is 33.1. The van der Waals surface area contributed by atoms with Crippen LogP contribution in [0.1, 0.15) is 28.8 Å². The molecular weight excluding hydrogens is 541 g/mol. The van der Waals surface area contributed by atoms with E-state index in [4.69, 9.17) is 14.4 Å². The molecule has 212 valence electrons. The molecule has 6 aliphatic rings. The molecule has 10 heteroatoms. The van der Waals surface area contributed by atoms with Gasteiger partial charge < -0.3 is 14.4 Å². The van der Waals surface area contributed by atoms with Gasteiger partial charge in [-0.15, -0.1) is 10.1 Å². The molecule has 4 fully saturated rings. The highest BCUT2D eigenvalue weighted by Gasteiger charge is 2.62. The lowest BCUT2D eigenvalue weighted by Crippen LogP contribution is -2.37. The Labute approximate surface area is 240 Å². The van der Waals surface area contributed by atoms with E-state index in [1.807, 2.05) is 24.3 Å². The van der Waals surface area contributed by atoms with Crippen LogP contribution in [0, 0.1) is 47.3 Å². The average Bonchev–Trinajstić information content (AvgIpc) is 3.86. The zero-order chi connectivity index (χ0) is 28.7. The van der Waals surface area contributed by atoms with Crippen molar-refractivity contribution in [2.45, 2.75) is 19.4 Å². The van der Waals surface area contributed by atoms with E-state index in [1.165, 1.54) is 6.07 Å². The van der Waals surface area contributed by atoms with Gasteiger partial charge in [0.15, 0.2) is 11.5 Å². The van der Waals surface area contributed by atoms with Crippen LogP contribution in [-0.4, -0.2) is 40.0 Å². The van der Waals surface area contributed by atoms with Crippen molar-refractivity contribution in [3.8, 4) is 17.2 Å². The van der Waals surface area contributed by atoms with E-state index in [0.717, 1.165) is 29.3 Å². The van der Waals surface area contributed by atoms with Gasteiger partial charge in [-0.05, 0) is 72.9 Å². The Morgan fingerprint density at radius 2 is 1.12 bits per heavy atom. The van der Waals surface area contributed by atoms with Crippen LogP contribution in [0.3, 0.4) is 0 Å². The molecule has 2 saturated carbocycles. The number of hydrogen-bond acceptors (Lipinski definition) is 8. The first-order valence-corrected chi connectivity index (χ1v) is 14.2. The van der Waals surface area contributed by atoms with Crippen LogP contribution in [0.2, 0.25) is 0 Å². The van der Waals surface area contributed by atoms with Gasteiger partial charge in [0.25, 0.3) is 23.6 Å². The largest absolute Gasteiger partial charge is 0.489 e. The molecular formula is C32H26N2O8. The minimum atomic E-state index is -0.439. The molecule has 10 nitrogen and oxygen atoms in total. The van der Waals surface area contributed by atoms with Crippen LogP contribution >= 0.6 is 0 Å². The monoisotopic (exact) mass is 567 g/mol. The van der Waals surface area contributed by atoms with Gasteiger partial charge in [-0.3, -0.25) is 24.0 Å². The van der Waals surface area contributed by atoms with Crippen molar-refractivity contribution >= 4 is 29.9 Å². The third-order valence-electron chi connectivity index (χ3n) is 9.70. The Hall–Kier alpha value is -4.73. The molecule has 0 N–H and O–H groups in total. The lowest BCUT2D eigenvalue weighted by Gasteiger charge is -2.21. The summed E-state index contributed by atoms with van der Waals surface area (Å²) in [6, 6.07) is 11.2. The van der Waals surface area contributed by atoms with Gasteiger partial charge in [0.1, 0.15) is 18.6 Å². The van der Waals surface area contributed by atoms with Crippen LogP contribution in [-0.2, 0) is 25.8 Å². The number of hydroxylamine groups is 4. The van der Waals surface area contributed by atoms with Crippen LogP contribution in [0.5, 0.6) is 17.2 Å². The van der Waals surface area contributed by atoms with Gasteiger partial charge >= 0.3 is 0 Å². The summed E-state index contributed by atoms with van der Waals surface area (Å²) in [5.41, 5.74) is 1.01. The molecule has 8 atom stereocenters. The highest BCUT2D eigenvalue weighted by molar-refractivity contribution is 6.06. The SMILES string of the molecule is O=Cc1ccc(OCc2ccc(O[15N]3C(=O)C4C(C3=O)[C@H]3C=C[C@@H]4C3)cc2ON2C(=O)C3C(C2=O)[C@H]2C=C[C@@H]3C2)cc1. The number of amides is 4. The number of fused-ring (bicyclic) bond motifs is 10. The van der Waals surface area contributed by atoms with E-state index in [0.29, 0.717) is 16.9 Å². The maximum Gasteiger partial charge on any atom is 0.267 e. The molecule has 2 aromatic carbocycles. The maximum atomic E-state index is 13.3. The number of allylic oxidation sites excluding steroid dienone is 4. The Morgan fingerprint density at radius 3 is 1.62 bits per heavy atom. The summed E-state index contributed by atoms with van der Waals surface area (Å²) in [5, 5.41) is 1.67. The summed E-state index contributed by atoms with van der Waals surface area (Å²) in [4.78, 5) is 75.8. The summed E-state index contributed by atoms with van der Waals surface area (Å²) in [5.74, 6) is -2.30. The first-order valence-electron chi connectivity index (χ1n) is 14.2. The molecule has 2 saturated heterocycles. The van der Waals surface area contributed by atoms with Crippen molar-refractivity contribution in [3.63, 3.8) is 0 Å². The zero-order valence-electron chi connectivity index (χ0n) is 22.3. The molecule has 2 aromatic rings. The molecule has 4 amide bonds. The maximum absolute atomic E-state index is 13.3. The molecule has 0 aromatic heterocycles. The van der Waals surface area contributed by atoms with Crippen LogP contribution in [0.15, 0.2) is 66.8 Å². The summed E-state index contributed by atoms with van der Waals surface area (Å²) >= 11 is 0. The number of carbonyl (C=O) groups excluding carboxylic acids is 5. The number of aldehydes is 1. The zero-order valence-corrected chi connectivity index (χ0v) is 22.3. The van der Waals surface area contributed by atoms with Crippen molar-refractivity contribution in [3.05, 3.63) is 77.9 Å². The molecule has 42 heavy (non-hydrogen) atoms. The molecule has 4 unspecified atom stereocenters. The van der Waals surface area contributed by atoms with Gasteiger partial charge in [0, 0.05) is 17.2 Å². The fourth-order valence-corrected chi connectivity index (χ4v) is 7.73. The molecule has 0 radical (unpaired) electrons. The first kappa shape index (κ1) is 25.0. The van der Waals surface area contributed by atoms with Crippen molar-refractivity contribution in [1.29, 1.82) is 0 Å². The Kier molecular flexibility index (Phi) is 5.44. The minimum absolute atomic E-state index is 0.00663. The Balaban J connectivity index is 1.06. The average molecular weight is 568 g/mol. The van der Waals surface area contributed by atoms with Gasteiger partial charge in [0.2, 0.25) is 0 Å². The standard InChI is InChI=1S/C32H26N2O8/c35-14-16-1-8-22(9-2-16)40-15-21-7-10-23(41-33-29(36)25-17-3-4-18(11-17)26(25)30(33)37)13-24(21)42-34-31(38)27-19-5-6-20(12-19)28(27)32(34)39/h1-10,13-14,17-20,25-28H,11-12,15H2/t17-,18+,19-,20+,25?,26?,27?,28?/i33+1. The molecule has 2 heterocycles. The molecule has 4 bridgehead atoms. The molecule has 2 aliphatic heterocycles. The molecule has 0 spiro atoms. The Morgan fingerprint density at radius 1 is 0.643 bits per heavy atom. The van der Waals surface area contributed by atoms with Crippen LogP contribution in [0.25, 0.3) is 0 Å². The smallest absolute Gasteiger partial charge is 0.267 e. The fourth-order valence-electron chi connectivity index (χ4n) is 7.73. The third-order valence-corrected chi connectivity index (χ3v) is 9.70. The number of ether oxygens (including phenoxy) is 1. The van der Waals surface area contributed by atoms with Crippen molar-refractivity contribution in [2.75, 3.05) is 0 Å². The fraction of sp³-hybridized carbons (Fsp3) is 0.344. The minimum Gasteiger partial charge on any atom is -0.489 e. The van der Waals surface area contributed by atoms with Gasteiger partial charge in [-0.2, -0.15) is 0 Å². The van der Waals surface area contributed by atoms with E-state index in [9.17, 15) is 24.0 Å². The van der Waals surface area contributed by atoms with Gasteiger partial charge in [-0.1, -0.05) is 24.3 Å². The molecule has 8 rings (SSSR count). The molecule has 4 aliphatic carbocycles. The van der Waals surface area contributed by atoms with E-state index in [2.05, 4.69) is 0 Å². The number of nitrogens with zero attached hydrogens (tertiary/aromatic N) is 2. The predicted octanol–water partition coefficient (Wildman–Crippen LogP) is 3.28. The number of hydrogen-bond donors (Lipinski definition) is 0. The summed E-state index contributed by atoms with van der Waals surface area (Å²) in [7, 11) is 0. The topological polar surface area (TPSA) is 120 Å². The highest BCUT2D eigenvalue weighted by Crippen LogP contribution is 2.54. The highest BCUT2D eigenvalue weighted by atomic mass is 16.9. The summed E-state index contributed by atoms with van der Waals surface area (Å²) in [6.07, 6.45) is 10.4. The summed E-state index contributed by atoms with van der Waals surface area (Å²) in [6.45, 7) is 0.00663. The predicted molar refractivity (Wildman–Crippen MR) is 143 cm³/mol. The van der Waals surface area contributed by atoms with E-state index in [-0.39, 0.29) is 65.4 Å². The van der Waals surface area contributed by atoms with Gasteiger partial charge in [-0.25, -0.2) is 0 Å². The second-order valence-electron chi connectivity index (χ2n) is 11.9. The first-order chi connectivity index (χ1) is 20.4. The van der Waals surface area contributed by atoms with E-state index < -0.39 is 23.7 Å². The number of carbonyl (C=O) groups is 5. The van der Waals surface area contributed by atoms with Crippen molar-refractivity contribution in [1.82, 2.24) is 10.1 Å².